The molecule has 1 aliphatic heterocycles. The van der Waals surface area contributed by atoms with Crippen LogP contribution in [0.25, 0.3) is 0 Å². The van der Waals surface area contributed by atoms with Crippen LogP contribution in [0, 0.1) is 5.82 Å². The maximum Gasteiger partial charge on any atom is 0.407 e. The van der Waals surface area contributed by atoms with Crippen molar-refractivity contribution >= 4 is 23.6 Å². The number of hydrogen-bond donors (Lipinski definition) is 1. The number of halogens is 2. The first-order valence-corrected chi connectivity index (χ1v) is 8.61. The van der Waals surface area contributed by atoms with Gasteiger partial charge in [0.1, 0.15) is 12.4 Å². The number of carbonyl (C=O) groups is 2. The molecule has 1 saturated heterocycles. The highest BCUT2D eigenvalue weighted by Crippen LogP contribution is 2.22. The Morgan fingerprint density at radius 3 is 2.81 bits per heavy atom. The fourth-order valence-corrected chi connectivity index (χ4v) is 3.06. The molecule has 2 aromatic rings. The summed E-state index contributed by atoms with van der Waals surface area (Å²) in [6, 6.07) is 7.02. The van der Waals surface area contributed by atoms with E-state index in [1.165, 1.54) is 34.2 Å². The minimum absolute atomic E-state index is 0.0450. The molecule has 0 radical (unpaired) electrons. The molecule has 0 bridgehead atoms. The maximum atomic E-state index is 14.3. The van der Waals surface area contributed by atoms with Crippen LogP contribution in [-0.4, -0.2) is 64.2 Å². The Morgan fingerprint density at radius 1 is 1.30 bits per heavy atom. The van der Waals surface area contributed by atoms with Gasteiger partial charge in [0, 0.05) is 25.8 Å². The van der Waals surface area contributed by atoms with Crippen LogP contribution in [0.2, 0.25) is 5.02 Å². The SMILES string of the molecule is O=C(O)N1CCN(C(=O)c2cccc(Cl)c2F)C(COc2cccnc2)C1. The van der Waals surface area contributed by atoms with Crippen LogP contribution in [-0.2, 0) is 0 Å². The fraction of sp³-hybridized carbons (Fsp3) is 0.278. The Hall–Kier alpha value is -2.87. The van der Waals surface area contributed by atoms with E-state index in [0.29, 0.717) is 5.75 Å². The predicted molar refractivity (Wildman–Crippen MR) is 95.6 cm³/mol. The Balaban J connectivity index is 1.81. The largest absolute Gasteiger partial charge is 0.490 e. The second-order valence-electron chi connectivity index (χ2n) is 5.98. The molecule has 142 valence electrons. The van der Waals surface area contributed by atoms with Crippen molar-refractivity contribution in [3.05, 3.63) is 59.1 Å². The zero-order valence-electron chi connectivity index (χ0n) is 14.2. The average molecular weight is 394 g/mol. The molecule has 1 aromatic heterocycles. The molecule has 2 amide bonds. The minimum atomic E-state index is -1.08. The van der Waals surface area contributed by atoms with Gasteiger partial charge in [0.15, 0.2) is 5.82 Å². The lowest BCUT2D eigenvalue weighted by molar-refractivity contribution is 0.0336. The highest BCUT2D eigenvalue weighted by atomic mass is 35.5. The first-order chi connectivity index (χ1) is 13.0. The van der Waals surface area contributed by atoms with Gasteiger partial charge in [-0.05, 0) is 24.3 Å². The van der Waals surface area contributed by atoms with E-state index >= 15 is 0 Å². The summed E-state index contributed by atoms with van der Waals surface area (Å²) in [6.07, 6.45) is 2.03. The van der Waals surface area contributed by atoms with Gasteiger partial charge in [-0.15, -0.1) is 0 Å². The van der Waals surface area contributed by atoms with E-state index in [1.807, 2.05) is 0 Å². The number of rotatable bonds is 4. The van der Waals surface area contributed by atoms with Crippen molar-refractivity contribution in [3.8, 4) is 5.75 Å². The summed E-state index contributed by atoms with van der Waals surface area (Å²) >= 11 is 5.78. The van der Waals surface area contributed by atoms with Crippen LogP contribution in [0.1, 0.15) is 10.4 Å². The van der Waals surface area contributed by atoms with E-state index in [4.69, 9.17) is 16.3 Å². The van der Waals surface area contributed by atoms with E-state index in [0.717, 1.165) is 0 Å². The van der Waals surface area contributed by atoms with Gasteiger partial charge in [-0.25, -0.2) is 9.18 Å². The third-order valence-corrected chi connectivity index (χ3v) is 4.56. The first-order valence-electron chi connectivity index (χ1n) is 8.23. The van der Waals surface area contributed by atoms with E-state index < -0.39 is 23.9 Å². The number of benzene rings is 1. The van der Waals surface area contributed by atoms with Gasteiger partial charge in [0.05, 0.1) is 22.8 Å². The molecule has 0 spiro atoms. The normalized spacial score (nSPS) is 16.9. The number of ether oxygens (including phenoxy) is 1. The summed E-state index contributed by atoms with van der Waals surface area (Å²) in [6.45, 7) is 0.359. The quantitative estimate of drug-likeness (QED) is 0.863. The highest BCUT2D eigenvalue weighted by molar-refractivity contribution is 6.31. The number of hydrogen-bond acceptors (Lipinski definition) is 4. The van der Waals surface area contributed by atoms with Crippen LogP contribution < -0.4 is 4.74 Å². The molecule has 1 unspecified atom stereocenters. The molecule has 1 atom stereocenters. The molecular formula is C18H17ClFN3O4. The molecule has 9 heteroatoms. The van der Waals surface area contributed by atoms with E-state index in [-0.39, 0.29) is 36.8 Å². The van der Waals surface area contributed by atoms with Gasteiger partial charge >= 0.3 is 6.09 Å². The number of nitrogens with zero attached hydrogens (tertiary/aromatic N) is 3. The molecule has 1 aliphatic rings. The van der Waals surface area contributed by atoms with Gasteiger partial charge in [-0.3, -0.25) is 9.78 Å². The summed E-state index contributed by atoms with van der Waals surface area (Å²) in [5.74, 6) is -0.858. The van der Waals surface area contributed by atoms with Gasteiger partial charge in [-0.2, -0.15) is 0 Å². The van der Waals surface area contributed by atoms with Crippen LogP contribution in [0.15, 0.2) is 42.7 Å². The second kappa shape index (κ2) is 8.22. The average Bonchev–Trinajstić information content (AvgIpc) is 2.68. The van der Waals surface area contributed by atoms with E-state index in [9.17, 15) is 19.1 Å². The number of carboxylic acid groups (broad SMARTS) is 1. The van der Waals surface area contributed by atoms with Gasteiger partial charge < -0.3 is 19.6 Å². The van der Waals surface area contributed by atoms with Crippen molar-refractivity contribution in [2.45, 2.75) is 6.04 Å². The maximum absolute atomic E-state index is 14.3. The molecule has 7 nitrogen and oxygen atoms in total. The van der Waals surface area contributed by atoms with Gasteiger partial charge in [-0.1, -0.05) is 17.7 Å². The fourth-order valence-electron chi connectivity index (χ4n) is 2.89. The molecule has 3 rings (SSSR count). The zero-order valence-corrected chi connectivity index (χ0v) is 15.0. The topological polar surface area (TPSA) is 83.0 Å². The van der Waals surface area contributed by atoms with Crippen LogP contribution in [0.5, 0.6) is 5.75 Å². The molecule has 0 saturated carbocycles. The van der Waals surface area contributed by atoms with Crippen molar-refractivity contribution in [2.24, 2.45) is 0 Å². The summed E-state index contributed by atoms with van der Waals surface area (Å²) in [5, 5.41) is 9.11. The zero-order chi connectivity index (χ0) is 19.4. The summed E-state index contributed by atoms with van der Waals surface area (Å²) in [7, 11) is 0. The number of pyridine rings is 1. The molecule has 1 fully saturated rings. The Morgan fingerprint density at radius 2 is 2.11 bits per heavy atom. The van der Waals surface area contributed by atoms with E-state index in [2.05, 4.69) is 4.98 Å². The lowest BCUT2D eigenvalue weighted by atomic mass is 10.1. The molecule has 1 N–H and O–H groups in total. The third-order valence-electron chi connectivity index (χ3n) is 4.27. The lowest BCUT2D eigenvalue weighted by Crippen LogP contribution is -2.58. The van der Waals surface area contributed by atoms with Gasteiger partial charge in [0.25, 0.3) is 5.91 Å². The number of carbonyl (C=O) groups excluding carboxylic acids is 1. The van der Waals surface area contributed by atoms with Crippen LogP contribution >= 0.6 is 11.6 Å². The smallest absolute Gasteiger partial charge is 0.407 e. The predicted octanol–water partition coefficient (Wildman–Crippen LogP) is 2.76. The summed E-state index contributed by atoms with van der Waals surface area (Å²) in [4.78, 5) is 30.7. The lowest BCUT2D eigenvalue weighted by Gasteiger charge is -2.40. The Kier molecular flexibility index (Phi) is 5.75. The summed E-state index contributed by atoms with van der Waals surface area (Å²) in [5.41, 5.74) is -0.155. The number of aromatic nitrogens is 1. The van der Waals surface area contributed by atoms with Crippen molar-refractivity contribution in [2.75, 3.05) is 26.2 Å². The minimum Gasteiger partial charge on any atom is -0.490 e. The second-order valence-corrected chi connectivity index (χ2v) is 6.39. The van der Waals surface area contributed by atoms with Crippen molar-refractivity contribution in [1.82, 2.24) is 14.8 Å². The molecule has 2 heterocycles. The van der Waals surface area contributed by atoms with Gasteiger partial charge in [0.2, 0.25) is 0 Å². The van der Waals surface area contributed by atoms with Crippen molar-refractivity contribution in [1.29, 1.82) is 0 Å². The first kappa shape index (κ1) is 18.9. The number of piperazine rings is 1. The standard InChI is InChI=1S/C18H17ClFN3O4/c19-15-5-1-4-14(16(15)20)17(24)23-8-7-22(18(25)26)10-12(23)11-27-13-3-2-6-21-9-13/h1-6,9,12H,7-8,10-11H2,(H,25,26). The Labute approximate surface area is 159 Å². The molecule has 0 aliphatic carbocycles. The monoisotopic (exact) mass is 393 g/mol. The van der Waals surface area contributed by atoms with Crippen LogP contribution in [0.3, 0.4) is 0 Å². The molecule has 27 heavy (non-hydrogen) atoms. The van der Waals surface area contributed by atoms with Crippen LogP contribution in [0.4, 0.5) is 9.18 Å². The van der Waals surface area contributed by atoms with Crippen molar-refractivity contribution in [3.63, 3.8) is 0 Å². The third kappa shape index (κ3) is 4.28. The van der Waals surface area contributed by atoms with E-state index in [1.54, 1.807) is 18.3 Å². The molecular weight excluding hydrogens is 377 g/mol. The van der Waals surface area contributed by atoms with Crippen molar-refractivity contribution < 1.29 is 23.8 Å². The summed E-state index contributed by atoms with van der Waals surface area (Å²) < 4.78 is 19.9. The molecule has 1 aromatic carbocycles. The number of amides is 2. The highest BCUT2D eigenvalue weighted by Gasteiger charge is 2.34. The Bertz CT molecular complexity index is 837.